The summed E-state index contributed by atoms with van der Waals surface area (Å²) in [5, 5.41) is 14.8. The zero-order valence-electron chi connectivity index (χ0n) is 18.4. The molecule has 0 fully saturated rings. The number of nitrogens with zero attached hydrogens (tertiary/aromatic N) is 4. The zero-order valence-corrected chi connectivity index (χ0v) is 18.4. The standard InChI is InChI=1S/C30H16N4O/c31-16-18-12-13-26-27(14-18)35-30(33-26)20-7-5-6-19(15-20)29-32-17-25-23-10-2-1-8-21(23)22-9-3-4-11-24(22)28(25)34-29/h1-15,17H. The van der Waals surface area contributed by atoms with E-state index in [9.17, 15) is 0 Å². The lowest BCUT2D eigenvalue weighted by atomic mass is 9.98. The Hall–Kier alpha value is -5.08. The van der Waals surface area contributed by atoms with Gasteiger partial charge in [-0.25, -0.2) is 15.0 Å². The van der Waals surface area contributed by atoms with Crippen LogP contribution in [-0.4, -0.2) is 15.0 Å². The van der Waals surface area contributed by atoms with E-state index in [4.69, 9.17) is 19.6 Å². The summed E-state index contributed by atoms with van der Waals surface area (Å²) in [6.45, 7) is 0. The van der Waals surface area contributed by atoms with E-state index >= 15 is 0 Å². The summed E-state index contributed by atoms with van der Waals surface area (Å²) in [6.07, 6.45) is 1.92. The van der Waals surface area contributed by atoms with E-state index in [-0.39, 0.29) is 0 Å². The summed E-state index contributed by atoms with van der Waals surface area (Å²) in [4.78, 5) is 14.4. The molecule has 0 bridgehead atoms. The van der Waals surface area contributed by atoms with E-state index in [1.807, 2.05) is 42.6 Å². The van der Waals surface area contributed by atoms with Crippen LogP contribution >= 0.6 is 0 Å². The van der Waals surface area contributed by atoms with Crippen molar-refractivity contribution in [2.24, 2.45) is 0 Å². The van der Waals surface area contributed by atoms with E-state index < -0.39 is 0 Å². The molecule has 5 aromatic carbocycles. The van der Waals surface area contributed by atoms with E-state index in [2.05, 4.69) is 47.5 Å². The molecule has 0 aliphatic carbocycles. The second-order valence-corrected chi connectivity index (χ2v) is 8.44. The Kier molecular flexibility index (Phi) is 4.14. The van der Waals surface area contributed by atoms with Crippen LogP contribution in [0.25, 0.3) is 66.4 Å². The number of oxazole rings is 1. The topological polar surface area (TPSA) is 75.6 Å². The molecule has 0 atom stereocenters. The first-order valence-electron chi connectivity index (χ1n) is 11.3. The minimum atomic E-state index is 0.495. The van der Waals surface area contributed by atoms with Crippen LogP contribution in [-0.2, 0) is 0 Å². The number of rotatable bonds is 2. The van der Waals surface area contributed by atoms with Crippen LogP contribution in [0.3, 0.4) is 0 Å². The highest BCUT2D eigenvalue weighted by atomic mass is 16.3. The first-order valence-corrected chi connectivity index (χ1v) is 11.3. The summed E-state index contributed by atoms with van der Waals surface area (Å²) in [6, 6.07) is 32.0. The fourth-order valence-electron chi connectivity index (χ4n) is 4.71. The van der Waals surface area contributed by atoms with E-state index in [0.717, 1.165) is 32.8 Å². The highest BCUT2D eigenvalue weighted by Gasteiger charge is 2.14. The van der Waals surface area contributed by atoms with Gasteiger partial charge in [0.1, 0.15) is 5.52 Å². The summed E-state index contributed by atoms with van der Waals surface area (Å²) >= 11 is 0. The van der Waals surface area contributed by atoms with Gasteiger partial charge in [0, 0.05) is 34.2 Å². The molecule has 0 N–H and O–H groups in total. The normalized spacial score (nSPS) is 11.4. The molecule has 7 aromatic rings. The number of hydrogen-bond donors (Lipinski definition) is 0. The van der Waals surface area contributed by atoms with Gasteiger partial charge in [-0.2, -0.15) is 5.26 Å². The quantitative estimate of drug-likeness (QED) is 0.260. The molecule has 7 rings (SSSR count). The van der Waals surface area contributed by atoms with Crippen LogP contribution in [0.1, 0.15) is 5.56 Å². The van der Waals surface area contributed by atoms with Crippen LogP contribution in [0, 0.1) is 11.3 Å². The molecular weight excluding hydrogens is 432 g/mol. The smallest absolute Gasteiger partial charge is 0.227 e. The average molecular weight is 448 g/mol. The van der Waals surface area contributed by atoms with Crippen LogP contribution in [0.15, 0.2) is 102 Å². The Labute approximate surface area is 199 Å². The molecule has 162 valence electrons. The van der Waals surface area contributed by atoms with Gasteiger partial charge in [-0.05, 0) is 40.4 Å². The van der Waals surface area contributed by atoms with Crippen molar-refractivity contribution < 1.29 is 4.42 Å². The van der Waals surface area contributed by atoms with E-state index in [1.165, 1.54) is 10.8 Å². The van der Waals surface area contributed by atoms with Gasteiger partial charge >= 0.3 is 0 Å². The van der Waals surface area contributed by atoms with Gasteiger partial charge in [-0.15, -0.1) is 0 Å². The van der Waals surface area contributed by atoms with Crippen LogP contribution in [0.2, 0.25) is 0 Å². The molecule has 0 spiro atoms. The Morgan fingerprint density at radius 1 is 0.657 bits per heavy atom. The lowest BCUT2D eigenvalue weighted by molar-refractivity contribution is 0.620. The maximum absolute atomic E-state index is 9.16. The van der Waals surface area contributed by atoms with Crippen molar-refractivity contribution in [3.63, 3.8) is 0 Å². The van der Waals surface area contributed by atoms with Gasteiger partial charge in [0.05, 0.1) is 17.1 Å². The highest BCUT2D eigenvalue weighted by molar-refractivity contribution is 6.24. The SMILES string of the molecule is N#Cc1ccc2nc(-c3cccc(-c4ncc5c6ccccc6c6ccccc6c5n4)c3)oc2c1. The largest absolute Gasteiger partial charge is 0.436 e. The molecule has 2 aromatic heterocycles. The Balaban J connectivity index is 1.41. The Morgan fingerprint density at radius 3 is 2.17 bits per heavy atom. The Morgan fingerprint density at radius 2 is 1.37 bits per heavy atom. The molecule has 0 aliphatic heterocycles. The number of hydrogen-bond acceptors (Lipinski definition) is 5. The maximum Gasteiger partial charge on any atom is 0.227 e. The summed E-state index contributed by atoms with van der Waals surface area (Å²) in [5.41, 5.74) is 4.47. The maximum atomic E-state index is 9.16. The molecule has 0 saturated heterocycles. The average Bonchev–Trinajstić information content (AvgIpc) is 3.36. The van der Waals surface area contributed by atoms with Gasteiger partial charge in [0.15, 0.2) is 11.4 Å². The van der Waals surface area contributed by atoms with E-state index in [1.54, 1.807) is 18.2 Å². The van der Waals surface area contributed by atoms with Crippen molar-refractivity contribution in [2.45, 2.75) is 0 Å². The number of benzene rings is 5. The first kappa shape index (κ1) is 19.4. The molecule has 35 heavy (non-hydrogen) atoms. The molecule has 0 unspecified atom stereocenters. The second kappa shape index (κ2) is 7.47. The van der Waals surface area contributed by atoms with Gasteiger partial charge in [-0.1, -0.05) is 60.7 Å². The monoisotopic (exact) mass is 448 g/mol. The first-order chi connectivity index (χ1) is 17.3. The zero-order chi connectivity index (χ0) is 23.4. The molecule has 5 nitrogen and oxygen atoms in total. The van der Waals surface area contributed by atoms with Crippen LogP contribution < -0.4 is 0 Å². The molecule has 2 heterocycles. The van der Waals surface area contributed by atoms with Crippen LogP contribution in [0.4, 0.5) is 0 Å². The second-order valence-electron chi connectivity index (χ2n) is 8.44. The van der Waals surface area contributed by atoms with Crippen molar-refractivity contribution in [1.29, 1.82) is 5.26 Å². The fraction of sp³-hybridized carbons (Fsp3) is 0. The van der Waals surface area contributed by atoms with Crippen molar-refractivity contribution in [3.05, 3.63) is 103 Å². The summed E-state index contributed by atoms with van der Waals surface area (Å²) in [7, 11) is 0. The molecule has 5 heteroatoms. The summed E-state index contributed by atoms with van der Waals surface area (Å²) < 4.78 is 5.96. The minimum Gasteiger partial charge on any atom is -0.436 e. The predicted octanol–water partition coefficient (Wildman–Crippen LogP) is 7.28. The summed E-state index contributed by atoms with van der Waals surface area (Å²) in [5.74, 6) is 1.14. The lowest BCUT2D eigenvalue weighted by Crippen LogP contribution is -1.93. The van der Waals surface area contributed by atoms with Crippen LogP contribution in [0.5, 0.6) is 0 Å². The lowest BCUT2D eigenvalue weighted by Gasteiger charge is -2.10. The Bertz CT molecular complexity index is 1950. The molecule has 0 aliphatic rings. The van der Waals surface area contributed by atoms with Crippen molar-refractivity contribution in [3.8, 4) is 28.9 Å². The highest BCUT2D eigenvalue weighted by Crippen LogP contribution is 2.35. The number of aromatic nitrogens is 3. The van der Waals surface area contributed by atoms with Gasteiger partial charge in [0.25, 0.3) is 0 Å². The molecular formula is C30H16N4O. The minimum absolute atomic E-state index is 0.495. The fourth-order valence-corrected chi connectivity index (χ4v) is 4.71. The third-order valence-corrected chi connectivity index (χ3v) is 6.36. The van der Waals surface area contributed by atoms with Gasteiger partial charge in [0.2, 0.25) is 5.89 Å². The third-order valence-electron chi connectivity index (χ3n) is 6.36. The van der Waals surface area contributed by atoms with Crippen molar-refractivity contribution in [2.75, 3.05) is 0 Å². The molecule has 0 saturated carbocycles. The molecule has 0 radical (unpaired) electrons. The van der Waals surface area contributed by atoms with E-state index in [0.29, 0.717) is 28.4 Å². The van der Waals surface area contributed by atoms with Gasteiger partial charge < -0.3 is 4.42 Å². The van der Waals surface area contributed by atoms with Crippen molar-refractivity contribution in [1.82, 2.24) is 15.0 Å². The number of nitriles is 1. The number of fused-ring (bicyclic) bond motifs is 7. The van der Waals surface area contributed by atoms with Crippen molar-refractivity contribution >= 4 is 43.5 Å². The third kappa shape index (κ3) is 3.05. The predicted molar refractivity (Wildman–Crippen MR) is 138 cm³/mol. The van der Waals surface area contributed by atoms with Gasteiger partial charge in [-0.3, -0.25) is 0 Å². The molecule has 0 amide bonds.